The fourth-order valence-corrected chi connectivity index (χ4v) is 5.86. The van der Waals surface area contributed by atoms with Crippen LogP contribution in [0.15, 0.2) is 97.3 Å². The van der Waals surface area contributed by atoms with Gasteiger partial charge in [-0.25, -0.2) is 19.2 Å². The summed E-state index contributed by atoms with van der Waals surface area (Å²) in [5, 5.41) is 22.5. The van der Waals surface area contributed by atoms with Crippen LogP contribution in [-0.2, 0) is 0 Å². The summed E-state index contributed by atoms with van der Waals surface area (Å²) in [5.74, 6) is 1.84. The molecule has 0 radical (unpaired) electrons. The van der Waals surface area contributed by atoms with Crippen LogP contribution >= 0.6 is 0 Å². The zero-order valence-corrected chi connectivity index (χ0v) is 22.8. The molecule has 7 aromatic rings. The minimum absolute atomic E-state index is 0.103. The van der Waals surface area contributed by atoms with Crippen molar-refractivity contribution in [2.45, 2.75) is 12.8 Å². The molecule has 0 spiro atoms. The van der Waals surface area contributed by atoms with Gasteiger partial charge >= 0.3 is 0 Å². The normalized spacial score (nSPS) is 14.0. The number of hydrogen-bond donors (Lipinski definition) is 1. The number of benzene rings is 4. The molecule has 9 nitrogen and oxygen atoms in total. The topological polar surface area (TPSA) is 99.6 Å². The Balaban J connectivity index is 1.39. The van der Waals surface area contributed by atoms with E-state index in [-0.39, 0.29) is 11.7 Å². The summed E-state index contributed by atoms with van der Waals surface area (Å²) in [4.78, 5) is 9.66. The van der Waals surface area contributed by atoms with Crippen molar-refractivity contribution in [3.8, 4) is 40.3 Å². The fourth-order valence-electron chi connectivity index (χ4n) is 5.86. The molecule has 9 heteroatoms. The number of hydrogen-bond acceptors (Lipinski definition) is 7. The minimum atomic E-state index is -0.365. The Hall–Kier alpha value is -5.70. The standard InChI is InChI=1S/C33H24N6O3/c1-19-27-28(23-14-8-9-15-26(23)41-2)29-31-35-30(24-16-20-10-6-7-11-21(20)17-25(24)40)37-38(31)18-34-32(29)42-33(27)39(36-19)22-12-4-3-5-13-22/h3-18,28,40H,1-2H3/t28-/m0/s1. The van der Waals surface area contributed by atoms with E-state index in [1.54, 1.807) is 24.0 Å². The van der Waals surface area contributed by atoms with E-state index in [1.807, 2.05) is 96.5 Å². The molecule has 204 valence electrons. The summed E-state index contributed by atoms with van der Waals surface area (Å²) in [6, 6.07) is 29.3. The highest BCUT2D eigenvalue weighted by molar-refractivity contribution is 5.89. The quantitative estimate of drug-likeness (QED) is 0.268. The first-order valence-electron chi connectivity index (χ1n) is 13.5. The van der Waals surface area contributed by atoms with Crippen molar-refractivity contribution in [2.75, 3.05) is 7.11 Å². The maximum absolute atomic E-state index is 10.9. The molecule has 0 fully saturated rings. The molecule has 1 aliphatic rings. The first-order chi connectivity index (χ1) is 20.6. The van der Waals surface area contributed by atoms with Gasteiger partial charge in [-0.1, -0.05) is 60.7 Å². The fraction of sp³-hybridized carbons (Fsp3) is 0.0909. The van der Waals surface area contributed by atoms with Crippen molar-refractivity contribution in [3.05, 3.63) is 120 Å². The van der Waals surface area contributed by atoms with Gasteiger partial charge in [0, 0.05) is 5.56 Å². The number of phenolic OH excluding ortho intramolecular Hbond substituents is 1. The molecule has 0 amide bonds. The molecule has 4 aromatic carbocycles. The van der Waals surface area contributed by atoms with Crippen LogP contribution in [0.25, 0.3) is 33.5 Å². The maximum atomic E-state index is 10.9. The van der Waals surface area contributed by atoms with E-state index in [0.717, 1.165) is 44.6 Å². The summed E-state index contributed by atoms with van der Waals surface area (Å²) in [5.41, 5.74) is 5.34. The smallest absolute Gasteiger partial charge is 0.230 e. The van der Waals surface area contributed by atoms with Crippen LogP contribution in [-0.4, -0.2) is 41.6 Å². The van der Waals surface area contributed by atoms with Crippen LogP contribution in [0.2, 0.25) is 0 Å². The van der Waals surface area contributed by atoms with Gasteiger partial charge in [0.25, 0.3) is 0 Å². The lowest BCUT2D eigenvalue weighted by atomic mass is 9.84. The van der Waals surface area contributed by atoms with Crippen molar-refractivity contribution < 1.29 is 14.6 Å². The minimum Gasteiger partial charge on any atom is -0.507 e. The van der Waals surface area contributed by atoms with Crippen molar-refractivity contribution >= 4 is 16.4 Å². The van der Waals surface area contributed by atoms with E-state index in [0.29, 0.717) is 28.8 Å². The second-order valence-electron chi connectivity index (χ2n) is 10.2. The third kappa shape index (κ3) is 3.56. The highest BCUT2D eigenvalue weighted by Gasteiger charge is 2.39. The Morgan fingerprint density at radius 1 is 0.857 bits per heavy atom. The number of rotatable bonds is 4. The van der Waals surface area contributed by atoms with Gasteiger partial charge in [-0.3, -0.25) is 0 Å². The third-order valence-electron chi connectivity index (χ3n) is 7.78. The number of para-hydroxylation sites is 2. The van der Waals surface area contributed by atoms with Gasteiger partial charge in [0.1, 0.15) is 17.8 Å². The zero-order chi connectivity index (χ0) is 28.4. The second-order valence-corrected chi connectivity index (χ2v) is 10.2. The lowest BCUT2D eigenvalue weighted by Crippen LogP contribution is -2.16. The molecule has 0 bridgehead atoms. The zero-order valence-electron chi connectivity index (χ0n) is 22.8. The van der Waals surface area contributed by atoms with Gasteiger partial charge in [0.15, 0.2) is 11.5 Å². The van der Waals surface area contributed by atoms with E-state index >= 15 is 0 Å². The summed E-state index contributed by atoms with van der Waals surface area (Å²) in [6.45, 7) is 1.98. The van der Waals surface area contributed by atoms with E-state index in [4.69, 9.17) is 29.6 Å². The van der Waals surface area contributed by atoms with E-state index in [2.05, 4.69) is 0 Å². The highest BCUT2D eigenvalue weighted by atomic mass is 16.5. The van der Waals surface area contributed by atoms with Crippen LogP contribution in [0.4, 0.5) is 0 Å². The average molecular weight is 553 g/mol. The van der Waals surface area contributed by atoms with Gasteiger partial charge in [-0.15, -0.1) is 5.10 Å². The third-order valence-corrected chi connectivity index (χ3v) is 7.78. The Labute approximate surface area is 240 Å². The number of phenols is 1. The number of fused-ring (bicyclic) bond motifs is 5. The van der Waals surface area contributed by atoms with Crippen LogP contribution in [0.5, 0.6) is 23.3 Å². The van der Waals surface area contributed by atoms with Crippen LogP contribution in [0.3, 0.4) is 0 Å². The Kier molecular flexibility index (Phi) is 5.27. The van der Waals surface area contributed by atoms with Gasteiger partial charge < -0.3 is 14.6 Å². The average Bonchev–Trinajstić information content (AvgIpc) is 3.61. The highest BCUT2D eigenvalue weighted by Crippen LogP contribution is 2.51. The van der Waals surface area contributed by atoms with Crippen LogP contribution < -0.4 is 9.47 Å². The SMILES string of the molecule is COc1ccccc1[C@H]1c2c(C)nn(-c3ccccc3)c2Oc2ncn3nc(-c4cc5ccccc5cc4O)nc3c21. The second kappa shape index (κ2) is 9.17. The number of methoxy groups -OCH3 is 1. The number of nitrogens with zero attached hydrogens (tertiary/aromatic N) is 6. The summed E-state index contributed by atoms with van der Waals surface area (Å²) in [6.07, 6.45) is 1.59. The predicted octanol–water partition coefficient (Wildman–Crippen LogP) is 6.44. The van der Waals surface area contributed by atoms with Gasteiger partial charge in [-0.2, -0.15) is 5.10 Å². The molecular weight excluding hydrogens is 528 g/mol. The molecule has 4 heterocycles. The first-order valence-corrected chi connectivity index (χ1v) is 13.5. The Bertz CT molecular complexity index is 2150. The molecule has 0 saturated carbocycles. The number of aromatic hydroxyl groups is 1. The summed E-state index contributed by atoms with van der Waals surface area (Å²) < 4.78 is 15.8. The Morgan fingerprint density at radius 2 is 1.60 bits per heavy atom. The molecule has 1 N–H and O–H groups in total. The van der Waals surface area contributed by atoms with E-state index in [1.165, 1.54) is 0 Å². The summed E-state index contributed by atoms with van der Waals surface area (Å²) >= 11 is 0. The number of aryl methyl sites for hydroxylation is 1. The Morgan fingerprint density at radius 3 is 2.40 bits per heavy atom. The lowest BCUT2D eigenvalue weighted by Gasteiger charge is -2.27. The van der Waals surface area contributed by atoms with E-state index < -0.39 is 0 Å². The van der Waals surface area contributed by atoms with E-state index in [9.17, 15) is 5.11 Å². The van der Waals surface area contributed by atoms with Crippen molar-refractivity contribution in [1.82, 2.24) is 29.4 Å². The molecular formula is C33H24N6O3. The van der Waals surface area contributed by atoms with Crippen molar-refractivity contribution in [2.24, 2.45) is 0 Å². The molecule has 0 unspecified atom stereocenters. The number of aromatic nitrogens is 6. The predicted molar refractivity (Wildman–Crippen MR) is 158 cm³/mol. The molecule has 0 aliphatic carbocycles. The van der Waals surface area contributed by atoms with Gasteiger partial charge in [0.05, 0.1) is 41.1 Å². The molecule has 3 aromatic heterocycles. The monoisotopic (exact) mass is 552 g/mol. The van der Waals surface area contributed by atoms with Crippen molar-refractivity contribution in [1.29, 1.82) is 0 Å². The van der Waals surface area contributed by atoms with Crippen LogP contribution in [0, 0.1) is 6.92 Å². The summed E-state index contributed by atoms with van der Waals surface area (Å²) in [7, 11) is 1.66. The molecule has 1 atom stereocenters. The lowest BCUT2D eigenvalue weighted by molar-refractivity contribution is 0.393. The van der Waals surface area contributed by atoms with Crippen LogP contribution in [0.1, 0.15) is 28.3 Å². The number of ether oxygens (including phenoxy) is 2. The van der Waals surface area contributed by atoms with Gasteiger partial charge in [-0.05, 0) is 48.0 Å². The molecule has 42 heavy (non-hydrogen) atoms. The largest absolute Gasteiger partial charge is 0.507 e. The first kappa shape index (κ1) is 24.1. The molecule has 8 rings (SSSR count). The molecule has 0 saturated heterocycles. The molecule has 1 aliphatic heterocycles. The van der Waals surface area contributed by atoms with Crippen molar-refractivity contribution in [3.63, 3.8) is 0 Å². The van der Waals surface area contributed by atoms with Gasteiger partial charge in [0.2, 0.25) is 11.8 Å². The maximum Gasteiger partial charge on any atom is 0.230 e.